The second-order valence-electron chi connectivity index (χ2n) is 7.29. The van der Waals surface area contributed by atoms with Crippen LogP contribution in [0.15, 0.2) is 42.5 Å². The molecule has 0 bridgehead atoms. The van der Waals surface area contributed by atoms with Gasteiger partial charge in [0.15, 0.2) is 5.78 Å². The molecule has 1 fully saturated rings. The molecule has 2 aromatic rings. The number of hydrogen-bond donors (Lipinski definition) is 2. The second kappa shape index (κ2) is 10.8. The number of nitrogens with zero attached hydrogens (tertiary/aromatic N) is 1. The Balaban J connectivity index is 1.40. The van der Waals surface area contributed by atoms with Crippen molar-refractivity contribution in [2.24, 2.45) is 0 Å². The number of carbonyl (C=O) groups is 2. The number of amides is 2. The van der Waals surface area contributed by atoms with Gasteiger partial charge in [0, 0.05) is 38.3 Å². The summed E-state index contributed by atoms with van der Waals surface area (Å²) in [5.41, 5.74) is 2.67. The SMILES string of the molecule is CC(=O)c1ccc(CNC(=O)NCC2CN(Cc3ccc(Cl)c(Cl)c3)CCO2)cc1. The highest BCUT2D eigenvalue weighted by Gasteiger charge is 2.21. The molecule has 0 spiro atoms. The van der Waals surface area contributed by atoms with Crippen LogP contribution in [0.2, 0.25) is 10.0 Å². The molecule has 1 heterocycles. The van der Waals surface area contributed by atoms with Gasteiger partial charge in [-0.25, -0.2) is 4.79 Å². The fourth-order valence-corrected chi connectivity index (χ4v) is 3.57. The molecule has 1 saturated heterocycles. The topological polar surface area (TPSA) is 70.7 Å². The van der Waals surface area contributed by atoms with Crippen molar-refractivity contribution in [3.63, 3.8) is 0 Å². The average Bonchev–Trinajstić information content (AvgIpc) is 2.74. The van der Waals surface area contributed by atoms with Crippen LogP contribution in [0.25, 0.3) is 0 Å². The first-order valence-electron chi connectivity index (χ1n) is 9.80. The summed E-state index contributed by atoms with van der Waals surface area (Å²) in [6, 6.07) is 12.6. The third-order valence-electron chi connectivity index (χ3n) is 4.92. The molecule has 1 unspecified atom stereocenters. The molecule has 160 valence electrons. The molecule has 2 amide bonds. The molecule has 6 nitrogen and oxygen atoms in total. The van der Waals surface area contributed by atoms with Crippen LogP contribution in [-0.4, -0.2) is 49.1 Å². The minimum absolute atomic E-state index is 0.0212. The van der Waals surface area contributed by atoms with Gasteiger partial charge in [-0.2, -0.15) is 0 Å². The minimum atomic E-state index is -0.254. The van der Waals surface area contributed by atoms with E-state index in [-0.39, 0.29) is 17.9 Å². The van der Waals surface area contributed by atoms with Gasteiger partial charge in [-0.3, -0.25) is 9.69 Å². The number of ether oxygens (including phenoxy) is 1. The minimum Gasteiger partial charge on any atom is -0.374 e. The van der Waals surface area contributed by atoms with Crippen molar-refractivity contribution in [2.75, 3.05) is 26.2 Å². The smallest absolute Gasteiger partial charge is 0.315 e. The predicted octanol–water partition coefficient (Wildman–Crippen LogP) is 3.90. The van der Waals surface area contributed by atoms with Gasteiger partial charge < -0.3 is 15.4 Å². The lowest BCUT2D eigenvalue weighted by molar-refractivity contribution is -0.0287. The Bertz CT molecular complexity index is 890. The molecule has 2 N–H and O–H groups in total. The fraction of sp³-hybridized carbons (Fsp3) is 0.364. The summed E-state index contributed by atoms with van der Waals surface area (Å²) in [7, 11) is 0. The van der Waals surface area contributed by atoms with E-state index in [2.05, 4.69) is 15.5 Å². The first-order valence-corrected chi connectivity index (χ1v) is 10.6. The Kier molecular flexibility index (Phi) is 8.10. The van der Waals surface area contributed by atoms with Crippen molar-refractivity contribution < 1.29 is 14.3 Å². The van der Waals surface area contributed by atoms with E-state index in [9.17, 15) is 9.59 Å². The van der Waals surface area contributed by atoms with E-state index < -0.39 is 0 Å². The summed E-state index contributed by atoms with van der Waals surface area (Å²) in [4.78, 5) is 25.7. The number of ketones is 1. The van der Waals surface area contributed by atoms with E-state index in [1.807, 2.05) is 24.3 Å². The lowest BCUT2D eigenvalue weighted by atomic mass is 10.1. The van der Waals surface area contributed by atoms with E-state index >= 15 is 0 Å². The van der Waals surface area contributed by atoms with Crippen molar-refractivity contribution >= 4 is 35.0 Å². The van der Waals surface area contributed by atoms with Gasteiger partial charge >= 0.3 is 6.03 Å². The molecular formula is C22H25Cl2N3O3. The van der Waals surface area contributed by atoms with Gasteiger partial charge in [0.2, 0.25) is 0 Å². The van der Waals surface area contributed by atoms with Gasteiger partial charge in [-0.1, -0.05) is 53.5 Å². The fourth-order valence-electron chi connectivity index (χ4n) is 3.25. The maximum Gasteiger partial charge on any atom is 0.315 e. The van der Waals surface area contributed by atoms with Gasteiger partial charge in [-0.15, -0.1) is 0 Å². The third kappa shape index (κ3) is 6.71. The lowest BCUT2D eigenvalue weighted by Crippen LogP contribution is -2.48. The number of halogens is 2. The lowest BCUT2D eigenvalue weighted by Gasteiger charge is -2.33. The van der Waals surface area contributed by atoms with E-state index in [0.29, 0.717) is 41.8 Å². The highest BCUT2D eigenvalue weighted by molar-refractivity contribution is 6.42. The summed E-state index contributed by atoms with van der Waals surface area (Å²) in [5.74, 6) is 0.0212. The van der Waals surface area contributed by atoms with Gasteiger partial charge in [0.1, 0.15) is 0 Å². The van der Waals surface area contributed by atoms with E-state index in [4.69, 9.17) is 27.9 Å². The first kappa shape index (κ1) is 22.6. The summed E-state index contributed by atoms with van der Waals surface area (Å²) in [6.45, 7) is 5.23. The van der Waals surface area contributed by atoms with Crippen LogP contribution in [0.5, 0.6) is 0 Å². The Morgan fingerprint density at radius 1 is 1.07 bits per heavy atom. The molecule has 1 aliphatic rings. The molecule has 8 heteroatoms. The number of urea groups is 1. The summed E-state index contributed by atoms with van der Waals surface area (Å²) in [6.07, 6.45) is -0.0814. The Labute approximate surface area is 186 Å². The molecule has 0 aliphatic carbocycles. The second-order valence-corrected chi connectivity index (χ2v) is 8.11. The Hall–Kier alpha value is -2.12. The van der Waals surface area contributed by atoms with Crippen molar-refractivity contribution in [2.45, 2.75) is 26.1 Å². The van der Waals surface area contributed by atoms with Crippen LogP contribution >= 0.6 is 23.2 Å². The van der Waals surface area contributed by atoms with Gasteiger partial charge in [0.05, 0.1) is 22.8 Å². The van der Waals surface area contributed by atoms with Gasteiger partial charge in [0.25, 0.3) is 0 Å². The van der Waals surface area contributed by atoms with Gasteiger partial charge in [-0.05, 0) is 30.2 Å². The number of carbonyl (C=O) groups excluding carboxylic acids is 2. The molecular weight excluding hydrogens is 425 g/mol. The Morgan fingerprint density at radius 2 is 1.80 bits per heavy atom. The quantitative estimate of drug-likeness (QED) is 0.628. The zero-order valence-corrected chi connectivity index (χ0v) is 18.3. The molecule has 0 radical (unpaired) electrons. The molecule has 1 atom stereocenters. The van der Waals surface area contributed by atoms with Crippen LogP contribution < -0.4 is 10.6 Å². The molecule has 0 aromatic heterocycles. The third-order valence-corrected chi connectivity index (χ3v) is 5.66. The van der Waals surface area contributed by atoms with Crippen molar-refractivity contribution in [3.8, 4) is 0 Å². The van der Waals surface area contributed by atoms with Crippen molar-refractivity contribution in [1.29, 1.82) is 0 Å². The largest absolute Gasteiger partial charge is 0.374 e. The van der Waals surface area contributed by atoms with Crippen LogP contribution in [-0.2, 0) is 17.8 Å². The molecule has 0 saturated carbocycles. The zero-order chi connectivity index (χ0) is 21.5. The monoisotopic (exact) mass is 449 g/mol. The molecule has 3 rings (SSSR count). The Morgan fingerprint density at radius 3 is 2.50 bits per heavy atom. The van der Waals surface area contributed by atoms with Crippen LogP contribution in [0.1, 0.15) is 28.4 Å². The number of benzene rings is 2. The highest BCUT2D eigenvalue weighted by Crippen LogP contribution is 2.23. The van der Waals surface area contributed by atoms with Crippen LogP contribution in [0.3, 0.4) is 0 Å². The number of nitrogens with one attached hydrogen (secondary N) is 2. The average molecular weight is 450 g/mol. The summed E-state index contributed by atoms with van der Waals surface area (Å²) >= 11 is 12.1. The zero-order valence-electron chi connectivity index (χ0n) is 16.8. The van der Waals surface area contributed by atoms with Crippen molar-refractivity contribution in [1.82, 2.24) is 15.5 Å². The van der Waals surface area contributed by atoms with Crippen molar-refractivity contribution in [3.05, 3.63) is 69.2 Å². The standard InChI is InChI=1S/C22H25Cl2N3O3/c1-15(28)18-5-2-16(3-6-18)11-25-22(29)26-12-19-14-27(8-9-30-19)13-17-4-7-20(23)21(24)10-17/h2-7,10,19H,8-9,11-14H2,1H3,(H2,25,26,29). The summed E-state index contributed by atoms with van der Waals surface area (Å²) < 4.78 is 5.77. The number of Topliss-reactive ketones (excluding diaryl/α,β-unsaturated/α-hetero) is 1. The predicted molar refractivity (Wildman–Crippen MR) is 118 cm³/mol. The van der Waals surface area contributed by atoms with E-state index in [0.717, 1.165) is 24.2 Å². The summed E-state index contributed by atoms with van der Waals surface area (Å²) in [5, 5.41) is 6.77. The van der Waals surface area contributed by atoms with E-state index in [1.165, 1.54) is 6.92 Å². The number of hydrogen-bond acceptors (Lipinski definition) is 4. The molecule has 30 heavy (non-hydrogen) atoms. The maximum atomic E-state index is 12.1. The normalized spacial score (nSPS) is 16.8. The highest BCUT2D eigenvalue weighted by atomic mass is 35.5. The molecule has 2 aromatic carbocycles. The maximum absolute atomic E-state index is 12.1. The number of morpholine rings is 1. The first-order chi connectivity index (χ1) is 14.4. The van der Waals surface area contributed by atoms with Crippen LogP contribution in [0.4, 0.5) is 4.79 Å². The number of rotatable bonds is 7. The molecule has 1 aliphatic heterocycles. The van der Waals surface area contributed by atoms with Crippen LogP contribution in [0, 0.1) is 0 Å². The van der Waals surface area contributed by atoms with E-state index in [1.54, 1.807) is 18.2 Å².